The zero-order chi connectivity index (χ0) is 7.72. The van der Waals surface area contributed by atoms with E-state index in [1.807, 2.05) is 0 Å². The second-order valence-corrected chi connectivity index (χ2v) is 3.16. The second kappa shape index (κ2) is 2.84. The van der Waals surface area contributed by atoms with E-state index in [2.05, 4.69) is 11.5 Å². The molecule has 0 radical (unpaired) electrons. The van der Waals surface area contributed by atoms with Crippen LogP contribution in [-0.2, 0) is 0 Å². The quantitative estimate of drug-likeness (QED) is 0.290. The molecular formula is C6H16N2O2+2. The third-order valence-electron chi connectivity index (χ3n) is 2.09. The Bertz CT molecular complexity index is 108. The highest BCUT2D eigenvalue weighted by molar-refractivity contribution is 4.83. The summed E-state index contributed by atoms with van der Waals surface area (Å²) in [6, 6.07) is 0.201. The van der Waals surface area contributed by atoms with Crippen molar-refractivity contribution in [1.29, 1.82) is 0 Å². The van der Waals surface area contributed by atoms with Gasteiger partial charge in [0.15, 0.2) is 0 Å². The van der Waals surface area contributed by atoms with Gasteiger partial charge in [-0.2, -0.15) is 0 Å². The molecule has 0 aromatic carbocycles. The van der Waals surface area contributed by atoms with Crippen molar-refractivity contribution in [3.8, 4) is 0 Å². The van der Waals surface area contributed by atoms with Crippen molar-refractivity contribution in [3.05, 3.63) is 0 Å². The second-order valence-electron chi connectivity index (χ2n) is 3.16. The van der Waals surface area contributed by atoms with E-state index in [-0.39, 0.29) is 12.1 Å². The summed E-state index contributed by atoms with van der Waals surface area (Å²) < 4.78 is 0. The van der Waals surface area contributed by atoms with E-state index in [1.165, 1.54) is 0 Å². The van der Waals surface area contributed by atoms with E-state index in [0.717, 1.165) is 6.42 Å². The van der Waals surface area contributed by atoms with Crippen molar-refractivity contribution < 1.29 is 21.7 Å². The van der Waals surface area contributed by atoms with Gasteiger partial charge in [0.2, 0.25) is 0 Å². The van der Waals surface area contributed by atoms with E-state index in [0.29, 0.717) is 6.42 Å². The third kappa shape index (κ3) is 1.46. The van der Waals surface area contributed by atoms with Crippen molar-refractivity contribution in [3.63, 3.8) is 0 Å². The van der Waals surface area contributed by atoms with Crippen LogP contribution >= 0.6 is 0 Å². The minimum Gasteiger partial charge on any atom is -0.390 e. The van der Waals surface area contributed by atoms with Gasteiger partial charge in [-0.25, -0.2) is 0 Å². The molecule has 1 fully saturated rings. The molecule has 60 valence electrons. The molecule has 1 rings (SSSR count). The van der Waals surface area contributed by atoms with E-state index in [9.17, 15) is 10.2 Å². The summed E-state index contributed by atoms with van der Waals surface area (Å²) in [7, 11) is 0. The summed E-state index contributed by atoms with van der Waals surface area (Å²) in [6.07, 6.45) is 0.169. The molecule has 0 aromatic rings. The molecule has 8 N–H and O–H groups in total. The molecule has 0 aliphatic heterocycles. The highest BCUT2D eigenvalue weighted by Crippen LogP contribution is 2.14. The van der Waals surface area contributed by atoms with Crippen LogP contribution in [0.4, 0.5) is 0 Å². The molecular weight excluding hydrogens is 132 g/mol. The van der Waals surface area contributed by atoms with Crippen LogP contribution < -0.4 is 11.5 Å². The number of hydrogen-bond donors (Lipinski definition) is 4. The summed E-state index contributed by atoms with van der Waals surface area (Å²) >= 11 is 0. The molecule has 0 heterocycles. The molecule has 4 atom stereocenters. The van der Waals surface area contributed by atoms with Crippen LogP contribution in [-0.4, -0.2) is 34.5 Å². The Hall–Kier alpha value is -0.160. The van der Waals surface area contributed by atoms with Crippen LogP contribution in [0.5, 0.6) is 0 Å². The van der Waals surface area contributed by atoms with Crippen LogP contribution in [0, 0.1) is 0 Å². The number of aliphatic hydroxyl groups is 2. The topological polar surface area (TPSA) is 95.7 Å². The predicted octanol–water partition coefficient (Wildman–Crippen LogP) is -3.28. The van der Waals surface area contributed by atoms with Gasteiger partial charge >= 0.3 is 0 Å². The van der Waals surface area contributed by atoms with Gasteiger partial charge in [-0.3, -0.25) is 0 Å². The molecule has 10 heavy (non-hydrogen) atoms. The Labute approximate surface area is 59.8 Å². The lowest BCUT2D eigenvalue weighted by Crippen LogP contribution is -2.77. The molecule has 0 aromatic heterocycles. The lowest BCUT2D eigenvalue weighted by atomic mass is 9.87. The summed E-state index contributed by atoms with van der Waals surface area (Å²) in [6.45, 7) is 0. The Balaban J connectivity index is 2.49. The molecule has 1 saturated carbocycles. The van der Waals surface area contributed by atoms with Crippen LogP contribution in [0.15, 0.2) is 0 Å². The summed E-state index contributed by atoms with van der Waals surface area (Å²) in [5.41, 5.74) is 7.55. The third-order valence-corrected chi connectivity index (χ3v) is 2.09. The fourth-order valence-corrected chi connectivity index (χ4v) is 1.46. The van der Waals surface area contributed by atoms with Crippen molar-refractivity contribution >= 4 is 0 Å². The highest BCUT2D eigenvalue weighted by atomic mass is 16.3. The molecule has 0 amide bonds. The molecule has 1 aliphatic carbocycles. The number of hydrogen-bond acceptors (Lipinski definition) is 2. The maximum Gasteiger partial charge on any atom is 0.132 e. The van der Waals surface area contributed by atoms with Crippen molar-refractivity contribution in [1.82, 2.24) is 0 Å². The van der Waals surface area contributed by atoms with Crippen molar-refractivity contribution in [2.45, 2.75) is 37.1 Å². The minimum atomic E-state index is -0.641. The Morgan fingerprint density at radius 2 is 1.70 bits per heavy atom. The van der Waals surface area contributed by atoms with Gasteiger partial charge in [0, 0.05) is 6.42 Å². The van der Waals surface area contributed by atoms with E-state index in [1.54, 1.807) is 0 Å². The first-order valence-electron chi connectivity index (χ1n) is 3.63. The van der Waals surface area contributed by atoms with Crippen LogP contribution in [0.25, 0.3) is 0 Å². The van der Waals surface area contributed by atoms with Gasteiger partial charge < -0.3 is 21.7 Å². The van der Waals surface area contributed by atoms with Gasteiger partial charge in [0.05, 0.1) is 18.6 Å². The normalized spacial score (nSPS) is 49.2. The zero-order valence-electron chi connectivity index (χ0n) is 6.03. The smallest absolute Gasteiger partial charge is 0.132 e. The molecule has 1 aliphatic rings. The average Bonchev–Trinajstić information content (AvgIpc) is 1.82. The highest BCUT2D eigenvalue weighted by Gasteiger charge is 2.36. The van der Waals surface area contributed by atoms with E-state index < -0.39 is 12.2 Å². The van der Waals surface area contributed by atoms with Crippen LogP contribution in [0.3, 0.4) is 0 Å². The van der Waals surface area contributed by atoms with E-state index >= 15 is 0 Å². The van der Waals surface area contributed by atoms with Crippen molar-refractivity contribution in [2.24, 2.45) is 0 Å². The Morgan fingerprint density at radius 3 is 2.20 bits per heavy atom. The van der Waals surface area contributed by atoms with Crippen LogP contribution in [0.2, 0.25) is 0 Å². The number of rotatable bonds is 0. The molecule has 4 heteroatoms. The summed E-state index contributed by atoms with van der Waals surface area (Å²) in [5, 5.41) is 18.4. The SMILES string of the molecule is [NH3+]C1CC([NH3+])C(O)C(O)C1. The van der Waals surface area contributed by atoms with Gasteiger partial charge in [-0.05, 0) is 0 Å². The summed E-state index contributed by atoms with van der Waals surface area (Å²) in [4.78, 5) is 0. The fourth-order valence-electron chi connectivity index (χ4n) is 1.46. The minimum absolute atomic E-state index is 0.0498. The Morgan fingerprint density at radius 1 is 1.10 bits per heavy atom. The molecule has 4 unspecified atom stereocenters. The monoisotopic (exact) mass is 148 g/mol. The van der Waals surface area contributed by atoms with Crippen LogP contribution in [0.1, 0.15) is 12.8 Å². The molecule has 0 saturated heterocycles. The Kier molecular flexibility index (Phi) is 2.25. The summed E-state index contributed by atoms with van der Waals surface area (Å²) in [5.74, 6) is 0. The maximum atomic E-state index is 9.22. The first-order valence-corrected chi connectivity index (χ1v) is 3.63. The maximum absolute atomic E-state index is 9.22. The largest absolute Gasteiger partial charge is 0.390 e. The molecule has 0 spiro atoms. The van der Waals surface area contributed by atoms with Gasteiger partial charge in [-0.15, -0.1) is 0 Å². The first kappa shape index (κ1) is 7.94. The number of aliphatic hydroxyl groups excluding tert-OH is 2. The molecule has 4 nitrogen and oxygen atoms in total. The average molecular weight is 148 g/mol. The van der Waals surface area contributed by atoms with Crippen molar-refractivity contribution in [2.75, 3.05) is 0 Å². The van der Waals surface area contributed by atoms with Gasteiger partial charge in [0.25, 0.3) is 0 Å². The standard InChI is InChI=1S/C6H14N2O2/c7-3-1-4(8)6(10)5(9)2-3/h3-6,9-10H,1-2,7-8H2/p+2. The zero-order valence-corrected chi connectivity index (χ0v) is 6.03. The molecule has 0 bridgehead atoms. The lowest BCUT2D eigenvalue weighted by molar-refractivity contribution is -0.492. The predicted molar refractivity (Wildman–Crippen MR) is 34.6 cm³/mol. The lowest BCUT2D eigenvalue weighted by Gasteiger charge is -2.28. The number of quaternary nitrogens is 2. The van der Waals surface area contributed by atoms with Gasteiger partial charge in [0.1, 0.15) is 12.1 Å². The first-order chi connectivity index (χ1) is 4.61. The van der Waals surface area contributed by atoms with Gasteiger partial charge in [-0.1, -0.05) is 0 Å². The fraction of sp³-hybridized carbons (Fsp3) is 1.00. The van der Waals surface area contributed by atoms with E-state index in [4.69, 9.17) is 0 Å².